The lowest BCUT2D eigenvalue weighted by molar-refractivity contribution is 0.618. The van der Waals surface area contributed by atoms with Gasteiger partial charge in [0.2, 0.25) is 0 Å². The van der Waals surface area contributed by atoms with Gasteiger partial charge in [-0.1, -0.05) is 0 Å². The molecule has 0 saturated heterocycles. The number of hydrogen-bond acceptors (Lipinski definition) is 4. The SMILES string of the molecule is Nc1ccnc(C2=NCCC(N)C2)c1. The average Bonchev–Trinajstić information content (AvgIpc) is 2.18. The maximum atomic E-state index is 5.86. The molecule has 14 heavy (non-hydrogen) atoms. The molecule has 0 radical (unpaired) electrons. The van der Waals surface area contributed by atoms with Gasteiger partial charge in [0.25, 0.3) is 0 Å². The lowest BCUT2D eigenvalue weighted by atomic mass is 10.0. The summed E-state index contributed by atoms with van der Waals surface area (Å²) in [7, 11) is 0. The Morgan fingerprint density at radius 1 is 1.43 bits per heavy atom. The number of hydrogen-bond donors (Lipinski definition) is 2. The van der Waals surface area contributed by atoms with Gasteiger partial charge in [0.05, 0.1) is 11.4 Å². The van der Waals surface area contributed by atoms with Crippen LogP contribution in [0.4, 0.5) is 5.69 Å². The van der Waals surface area contributed by atoms with Crippen LogP contribution in [-0.4, -0.2) is 23.3 Å². The molecule has 1 aromatic heterocycles. The van der Waals surface area contributed by atoms with Crippen molar-refractivity contribution in [2.45, 2.75) is 18.9 Å². The standard InChI is InChI=1S/C10H14N4/c11-7-1-3-13-9(5-7)10-6-8(12)2-4-14-10/h1,3,5,8H,2,4,6,12H2,(H2,11,13). The van der Waals surface area contributed by atoms with Gasteiger partial charge in [-0.25, -0.2) is 0 Å². The summed E-state index contributed by atoms with van der Waals surface area (Å²) >= 11 is 0. The lowest BCUT2D eigenvalue weighted by Gasteiger charge is -2.17. The van der Waals surface area contributed by atoms with Crippen LogP contribution in [0.3, 0.4) is 0 Å². The fraction of sp³-hybridized carbons (Fsp3) is 0.400. The largest absolute Gasteiger partial charge is 0.399 e. The van der Waals surface area contributed by atoms with Crippen LogP contribution in [-0.2, 0) is 0 Å². The van der Waals surface area contributed by atoms with Crippen molar-refractivity contribution in [3.63, 3.8) is 0 Å². The van der Waals surface area contributed by atoms with E-state index in [0.717, 1.165) is 36.5 Å². The molecule has 0 spiro atoms. The first-order valence-electron chi connectivity index (χ1n) is 4.76. The molecule has 4 heteroatoms. The Morgan fingerprint density at radius 3 is 3.00 bits per heavy atom. The van der Waals surface area contributed by atoms with Crippen molar-refractivity contribution in [1.82, 2.24) is 4.98 Å². The molecule has 1 atom stereocenters. The second kappa shape index (κ2) is 3.75. The summed E-state index contributed by atoms with van der Waals surface area (Å²) in [5.41, 5.74) is 14.1. The molecule has 4 nitrogen and oxygen atoms in total. The summed E-state index contributed by atoms with van der Waals surface area (Å²) in [5, 5.41) is 0. The van der Waals surface area contributed by atoms with Gasteiger partial charge in [0.15, 0.2) is 0 Å². The lowest BCUT2D eigenvalue weighted by Crippen LogP contribution is -2.29. The third-order valence-corrected chi connectivity index (χ3v) is 2.34. The Morgan fingerprint density at radius 2 is 2.29 bits per heavy atom. The third-order valence-electron chi connectivity index (χ3n) is 2.34. The number of nitrogen functional groups attached to an aromatic ring is 1. The first-order chi connectivity index (χ1) is 6.75. The highest BCUT2D eigenvalue weighted by Gasteiger charge is 2.15. The minimum atomic E-state index is 0.214. The Balaban J connectivity index is 2.26. The van der Waals surface area contributed by atoms with Gasteiger partial charge in [0, 0.05) is 30.9 Å². The molecule has 1 aliphatic rings. The summed E-state index contributed by atoms with van der Waals surface area (Å²) in [4.78, 5) is 8.64. The smallest absolute Gasteiger partial charge is 0.0860 e. The second-order valence-electron chi connectivity index (χ2n) is 3.56. The number of nitrogens with two attached hydrogens (primary N) is 2. The van der Waals surface area contributed by atoms with E-state index in [-0.39, 0.29) is 6.04 Å². The number of rotatable bonds is 1. The molecular weight excluding hydrogens is 176 g/mol. The van der Waals surface area contributed by atoms with Crippen molar-refractivity contribution in [2.24, 2.45) is 10.7 Å². The summed E-state index contributed by atoms with van der Waals surface area (Å²) in [6, 6.07) is 3.83. The van der Waals surface area contributed by atoms with Crippen LogP contribution in [0, 0.1) is 0 Å². The van der Waals surface area contributed by atoms with Crippen molar-refractivity contribution in [3.05, 3.63) is 24.0 Å². The molecule has 0 saturated carbocycles. The van der Waals surface area contributed by atoms with Crippen molar-refractivity contribution in [3.8, 4) is 0 Å². The summed E-state index contributed by atoms with van der Waals surface area (Å²) < 4.78 is 0. The Kier molecular flexibility index (Phi) is 2.45. The molecule has 0 fully saturated rings. The zero-order chi connectivity index (χ0) is 9.97. The van der Waals surface area contributed by atoms with Gasteiger partial charge in [-0.15, -0.1) is 0 Å². The second-order valence-corrected chi connectivity index (χ2v) is 3.56. The van der Waals surface area contributed by atoms with Crippen LogP contribution in [0.15, 0.2) is 23.3 Å². The van der Waals surface area contributed by atoms with Gasteiger partial charge in [-0.3, -0.25) is 9.98 Å². The van der Waals surface area contributed by atoms with E-state index in [4.69, 9.17) is 11.5 Å². The fourth-order valence-electron chi connectivity index (χ4n) is 1.57. The number of nitrogens with zero attached hydrogens (tertiary/aromatic N) is 2. The molecule has 0 bridgehead atoms. The van der Waals surface area contributed by atoms with Crippen LogP contribution in [0.5, 0.6) is 0 Å². The first kappa shape index (κ1) is 9.15. The van der Waals surface area contributed by atoms with Gasteiger partial charge < -0.3 is 11.5 Å². The van der Waals surface area contributed by atoms with E-state index < -0.39 is 0 Å². The summed E-state index contributed by atoms with van der Waals surface area (Å²) in [6.45, 7) is 0.799. The Hall–Kier alpha value is -1.42. The van der Waals surface area contributed by atoms with Crippen molar-refractivity contribution in [1.29, 1.82) is 0 Å². The quantitative estimate of drug-likeness (QED) is 0.679. The highest BCUT2D eigenvalue weighted by atomic mass is 14.8. The van der Waals surface area contributed by atoms with Crippen molar-refractivity contribution < 1.29 is 0 Å². The topological polar surface area (TPSA) is 77.3 Å². The minimum Gasteiger partial charge on any atom is -0.399 e. The predicted octanol–water partition coefficient (Wildman–Crippen LogP) is 0.574. The number of aromatic nitrogens is 1. The summed E-state index contributed by atoms with van der Waals surface area (Å²) in [6.07, 6.45) is 3.47. The number of anilines is 1. The number of pyridine rings is 1. The van der Waals surface area contributed by atoms with Gasteiger partial charge in [-0.2, -0.15) is 0 Å². The maximum absolute atomic E-state index is 5.86. The summed E-state index contributed by atoms with van der Waals surface area (Å²) in [5.74, 6) is 0. The fourth-order valence-corrected chi connectivity index (χ4v) is 1.57. The van der Waals surface area contributed by atoms with Crippen molar-refractivity contribution >= 4 is 11.4 Å². The average molecular weight is 190 g/mol. The Bertz CT molecular complexity index is 359. The molecule has 2 rings (SSSR count). The van der Waals surface area contributed by atoms with E-state index in [2.05, 4.69) is 9.98 Å². The van der Waals surface area contributed by atoms with Crippen molar-refractivity contribution in [2.75, 3.05) is 12.3 Å². The molecule has 1 aromatic rings. The monoisotopic (exact) mass is 190 g/mol. The molecule has 2 heterocycles. The van der Waals surface area contributed by atoms with E-state index in [1.807, 2.05) is 6.07 Å². The zero-order valence-corrected chi connectivity index (χ0v) is 7.98. The molecule has 0 aromatic carbocycles. The van der Waals surface area contributed by atoms with Crippen LogP contribution < -0.4 is 11.5 Å². The van der Waals surface area contributed by atoms with Crippen LogP contribution in [0.2, 0.25) is 0 Å². The molecular formula is C10H14N4. The molecule has 0 amide bonds. The third kappa shape index (κ3) is 1.90. The number of aliphatic imine (C=N–C) groups is 1. The predicted molar refractivity (Wildman–Crippen MR) is 57.3 cm³/mol. The molecule has 4 N–H and O–H groups in total. The molecule has 74 valence electrons. The normalized spacial score (nSPS) is 21.8. The van der Waals surface area contributed by atoms with Crippen LogP contribution >= 0.6 is 0 Å². The minimum absolute atomic E-state index is 0.214. The van der Waals surface area contributed by atoms with Crippen LogP contribution in [0.25, 0.3) is 0 Å². The highest BCUT2D eigenvalue weighted by molar-refractivity contribution is 6.00. The van der Waals surface area contributed by atoms with E-state index >= 15 is 0 Å². The van der Waals surface area contributed by atoms with E-state index in [9.17, 15) is 0 Å². The first-order valence-corrected chi connectivity index (χ1v) is 4.76. The van der Waals surface area contributed by atoms with E-state index in [0.29, 0.717) is 0 Å². The van der Waals surface area contributed by atoms with E-state index in [1.54, 1.807) is 12.3 Å². The van der Waals surface area contributed by atoms with Gasteiger partial charge in [0.1, 0.15) is 0 Å². The van der Waals surface area contributed by atoms with Gasteiger partial charge in [-0.05, 0) is 18.6 Å². The molecule has 1 aliphatic heterocycles. The van der Waals surface area contributed by atoms with Crippen LogP contribution in [0.1, 0.15) is 18.5 Å². The molecule has 0 aliphatic carbocycles. The Labute approximate surface area is 83.0 Å². The van der Waals surface area contributed by atoms with Gasteiger partial charge >= 0.3 is 0 Å². The highest BCUT2D eigenvalue weighted by Crippen LogP contribution is 2.12. The molecule has 1 unspecified atom stereocenters. The zero-order valence-electron chi connectivity index (χ0n) is 7.98. The maximum Gasteiger partial charge on any atom is 0.0860 e. The van der Waals surface area contributed by atoms with E-state index in [1.165, 1.54) is 0 Å².